The Labute approximate surface area is 95.0 Å². The molecule has 2 heteroatoms. The van der Waals surface area contributed by atoms with Gasteiger partial charge in [0.25, 0.3) is 0 Å². The van der Waals surface area contributed by atoms with Gasteiger partial charge in [-0.25, -0.2) is 0 Å². The van der Waals surface area contributed by atoms with Crippen LogP contribution in [0.1, 0.15) is 59.3 Å². The van der Waals surface area contributed by atoms with E-state index in [0.29, 0.717) is 6.04 Å². The van der Waals surface area contributed by atoms with Crippen LogP contribution in [-0.2, 0) is 0 Å². The molecule has 1 saturated carbocycles. The van der Waals surface area contributed by atoms with Crippen molar-refractivity contribution in [3.63, 3.8) is 0 Å². The lowest BCUT2D eigenvalue weighted by atomic mass is 9.88. The number of hydrazine groups is 1. The van der Waals surface area contributed by atoms with Crippen LogP contribution in [0.4, 0.5) is 0 Å². The second-order valence-electron chi connectivity index (χ2n) is 5.58. The highest BCUT2D eigenvalue weighted by Gasteiger charge is 2.28. The summed E-state index contributed by atoms with van der Waals surface area (Å²) in [5.41, 5.74) is 3.05. The number of hydrogen-bond acceptors (Lipinski definition) is 2. The van der Waals surface area contributed by atoms with Crippen molar-refractivity contribution < 1.29 is 0 Å². The lowest BCUT2D eigenvalue weighted by molar-refractivity contribution is 0.291. The first-order chi connectivity index (χ1) is 7.17. The Kier molecular flexibility index (Phi) is 5.62. The molecule has 0 aromatic rings. The van der Waals surface area contributed by atoms with Gasteiger partial charge in [0, 0.05) is 6.04 Å². The predicted molar refractivity (Wildman–Crippen MR) is 66.3 cm³/mol. The second-order valence-corrected chi connectivity index (χ2v) is 5.58. The summed E-state index contributed by atoms with van der Waals surface area (Å²) in [6.45, 7) is 6.98. The zero-order valence-electron chi connectivity index (χ0n) is 10.6. The molecule has 0 aromatic heterocycles. The fourth-order valence-corrected chi connectivity index (χ4v) is 3.06. The molecule has 0 bridgehead atoms. The van der Waals surface area contributed by atoms with Gasteiger partial charge in [-0.2, -0.15) is 0 Å². The molecule has 0 radical (unpaired) electrons. The first-order valence-corrected chi connectivity index (χ1v) is 6.63. The summed E-state index contributed by atoms with van der Waals surface area (Å²) in [5, 5.41) is 0. The van der Waals surface area contributed by atoms with Crippen molar-refractivity contribution in [2.24, 2.45) is 23.6 Å². The highest BCUT2D eigenvalue weighted by Crippen LogP contribution is 2.34. The minimum absolute atomic E-state index is 0.552. The van der Waals surface area contributed by atoms with Gasteiger partial charge >= 0.3 is 0 Å². The molecular weight excluding hydrogens is 184 g/mol. The summed E-state index contributed by atoms with van der Waals surface area (Å²) in [4.78, 5) is 0. The van der Waals surface area contributed by atoms with Gasteiger partial charge in [-0.05, 0) is 37.0 Å². The van der Waals surface area contributed by atoms with Crippen LogP contribution in [0.25, 0.3) is 0 Å². The minimum Gasteiger partial charge on any atom is -0.271 e. The third kappa shape index (κ3) is 4.12. The third-order valence-corrected chi connectivity index (χ3v) is 3.96. The molecule has 1 aliphatic rings. The summed E-state index contributed by atoms with van der Waals surface area (Å²) >= 11 is 0. The lowest BCUT2D eigenvalue weighted by Gasteiger charge is -2.25. The van der Waals surface area contributed by atoms with Gasteiger partial charge in [-0.3, -0.25) is 11.3 Å². The second kappa shape index (κ2) is 6.49. The smallest absolute Gasteiger partial charge is 0.0241 e. The Morgan fingerprint density at radius 3 is 2.60 bits per heavy atom. The predicted octanol–water partition coefficient (Wildman–Crippen LogP) is 3.08. The normalized spacial score (nSPS) is 30.4. The maximum atomic E-state index is 5.69. The van der Waals surface area contributed by atoms with Crippen molar-refractivity contribution in [1.29, 1.82) is 0 Å². The summed E-state index contributed by atoms with van der Waals surface area (Å²) in [7, 11) is 0. The van der Waals surface area contributed by atoms with E-state index in [1.807, 2.05) is 0 Å². The first-order valence-electron chi connectivity index (χ1n) is 6.63. The fraction of sp³-hybridized carbons (Fsp3) is 1.00. The van der Waals surface area contributed by atoms with Crippen molar-refractivity contribution in [3.8, 4) is 0 Å². The van der Waals surface area contributed by atoms with Crippen LogP contribution in [0.5, 0.6) is 0 Å². The molecule has 90 valence electrons. The van der Waals surface area contributed by atoms with E-state index in [4.69, 9.17) is 5.84 Å². The summed E-state index contributed by atoms with van der Waals surface area (Å²) in [6, 6.07) is 0.552. The highest BCUT2D eigenvalue weighted by atomic mass is 15.2. The van der Waals surface area contributed by atoms with Crippen LogP contribution < -0.4 is 11.3 Å². The van der Waals surface area contributed by atoms with E-state index in [1.165, 1.54) is 38.5 Å². The molecule has 4 unspecified atom stereocenters. The number of hydrogen-bond donors (Lipinski definition) is 2. The van der Waals surface area contributed by atoms with E-state index in [1.54, 1.807) is 0 Å². The van der Waals surface area contributed by atoms with E-state index in [9.17, 15) is 0 Å². The zero-order valence-corrected chi connectivity index (χ0v) is 10.6. The maximum Gasteiger partial charge on any atom is 0.0241 e. The standard InChI is InChI=1S/C13H28N2/c1-4-5-10(2)9-13(15-14)12-7-6-11(3)8-12/h10-13,15H,4-9,14H2,1-3H3. The van der Waals surface area contributed by atoms with Crippen molar-refractivity contribution in [2.45, 2.75) is 65.3 Å². The van der Waals surface area contributed by atoms with Gasteiger partial charge < -0.3 is 0 Å². The molecule has 0 amide bonds. The minimum atomic E-state index is 0.552. The monoisotopic (exact) mass is 212 g/mol. The van der Waals surface area contributed by atoms with Crippen molar-refractivity contribution >= 4 is 0 Å². The van der Waals surface area contributed by atoms with E-state index < -0.39 is 0 Å². The lowest BCUT2D eigenvalue weighted by Crippen LogP contribution is -2.41. The molecule has 0 spiro atoms. The third-order valence-electron chi connectivity index (χ3n) is 3.96. The molecule has 0 aromatic carbocycles. The van der Waals surface area contributed by atoms with Crippen molar-refractivity contribution in [2.75, 3.05) is 0 Å². The van der Waals surface area contributed by atoms with Crippen LogP contribution >= 0.6 is 0 Å². The van der Waals surface area contributed by atoms with Gasteiger partial charge in [0.05, 0.1) is 0 Å². The molecule has 1 rings (SSSR count). The molecule has 0 aliphatic heterocycles. The topological polar surface area (TPSA) is 38.0 Å². The van der Waals surface area contributed by atoms with Gasteiger partial charge in [0.1, 0.15) is 0 Å². The number of nitrogens with two attached hydrogens (primary N) is 1. The van der Waals surface area contributed by atoms with E-state index in [-0.39, 0.29) is 0 Å². The van der Waals surface area contributed by atoms with Crippen LogP contribution in [0, 0.1) is 17.8 Å². The highest BCUT2D eigenvalue weighted by molar-refractivity contribution is 4.83. The van der Waals surface area contributed by atoms with Crippen LogP contribution in [0.15, 0.2) is 0 Å². The Bertz CT molecular complexity index is 170. The molecule has 0 heterocycles. The van der Waals surface area contributed by atoms with Crippen LogP contribution in [-0.4, -0.2) is 6.04 Å². The molecule has 0 saturated heterocycles. The average Bonchev–Trinajstić information content (AvgIpc) is 2.61. The molecule has 4 atom stereocenters. The quantitative estimate of drug-likeness (QED) is 0.524. The summed E-state index contributed by atoms with van der Waals surface area (Å²) in [6.07, 6.45) is 8.01. The van der Waals surface area contributed by atoms with E-state index in [0.717, 1.165) is 17.8 Å². The molecule has 15 heavy (non-hydrogen) atoms. The number of nitrogens with one attached hydrogen (secondary N) is 1. The Hall–Kier alpha value is -0.0800. The summed E-state index contributed by atoms with van der Waals surface area (Å²) in [5.74, 6) is 8.24. The van der Waals surface area contributed by atoms with Gasteiger partial charge in [0.2, 0.25) is 0 Å². The first kappa shape index (κ1) is 13.0. The molecular formula is C13H28N2. The summed E-state index contributed by atoms with van der Waals surface area (Å²) < 4.78 is 0. The largest absolute Gasteiger partial charge is 0.271 e. The average molecular weight is 212 g/mol. The molecule has 2 nitrogen and oxygen atoms in total. The van der Waals surface area contributed by atoms with Crippen LogP contribution in [0.2, 0.25) is 0 Å². The zero-order chi connectivity index (χ0) is 11.3. The van der Waals surface area contributed by atoms with Gasteiger partial charge in [-0.1, -0.05) is 40.0 Å². The molecule has 1 aliphatic carbocycles. The van der Waals surface area contributed by atoms with Crippen molar-refractivity contribution in [3.05, 3.63) is 0 Å². The van der Waals surface area contributed by atoms with E-state index in [2.05, 4.69) is 26.2 Å². The Balaban J connectivity index is 2.34. The van der Waals surface area contributed by atoms with E-state index >= 15 is 0 Å². The fourth-order valence-electron chi connectivity index (χ4n) is 3.06. The Morgan fingerprint density at radius 2 is 2.13 bits per heavy atom. The molecule has 1 fully saturated rings. The SMILES string of the molecule is CCCC(C)CC(NN)C1CCC(C)C1. The van der Waals surface area contributed by atoms with Crippen molar-refractivity contribution in [1.82, 2.24) is 5.43 Å². The van der Waals surface area contributed by atoms with Gasteiger partial charge in [-0.15, -0.1) is 0 Å². The molecule has 3 N–H and O–H groups in total. The maximum absolute atomic E-state index is 5.69. The Morgan fingerprint density at radius 1 is 1.40 bits per heavy atom. The van der Waals surface area contributed by atoms with Gasteiger partial charge in [0.15, 0.2) is 0 Å². The van der Waals surface area contributed by atoms with Crippen LogP contribution in [0.3, 0.4) is 0 Å². The number of rotatable bonds is 6.